The van der Waals surface area contributed by atoms with Crippen LogP contribution >= 0.6 is 0 Å². The van der Waals surface area contributed by atoms with Crippen LogP contribution in [0.25, 0.3) is 0 Å². The van der Waals surface area contributed by atoms with Crippen LogP contribution in [-0.2, 0) is 0 Å². The summed E-state index contributed by atoms with van der Waals surface area (Å²) in [5.41, 5.74) is -0.0697. The van der Waals surface area contributed by atoms with Crippen molar-refractivity contribution in [2.24, 2.45) is 5.92 Å². The average molecular weight is 224 g/mol. The first kappa shape index (κ1) is 10.9. The van der Waals surface area contributed by atoms with E-state index in [1.54, 1.807) is 0 Å². The van der Waals surface area contributed by atoms with Gasteiger partial charge in [-0.15, -0.1) is 0 Å². The number of hydrogen-bond donors (Lipinski definition) is 4. The highest BCUT2D eigenvalue weighted by atomic mass is 16.2. The fourth-order valence-corrected chi connectivity index (χ4v) is 1.90. The zero-order chi connectivity index (χ0) is 11.4. The smallest absolute Gasteiger partial charge is 0.323 e. The van der Waals surface area contributed by atoms with Crippen molar-refractivity contribution in [3.8, 4) is 0 Å². The molecular formula is C10H16N4O2. The number of rotatable bonds is 4. The lowest BCUT2D eigenvalue weighted by Gasteiger charge is -2.08. The SMILES string of the molecule is O=C(NCCC1CCNC1)c1c[nH]c(=O)[nH]1. The van der Waals surface area contributed by atoms with Crippen LogP contribution in [0.5, 0.6) is 0 Å². The molecule has 1 aromatic heterocycles. The Balaban J connectivity index is 1.73. The molecule has 6 heteroatoms. The van der Waals surface area contributed by atoms with E-state index in [1.165, 1.54) is 12.6 Å². The summed E-state index contributed by atoms with van der Waals surface area (Å²) in [6, 6.07) is 0. The van der Waals surface area contributed by atoms with Crippen LogP contribution in [0.3, 0.4) is 0 Å². The summed E-state index contributed by atoms with van der Waals surface area (Å²) in [5, 5.41) is 6.06. The van der Waals surface area contributed by atoms with Crippen molar-refractivity contribution in [2.45, 2.75) is 12.8 Å². The Labute approximate surface area is 92.8 Å². The van der Waals surface area contributed by atoms with E-state index in [1.807, 2.05) is 0 Å². The van der Waals surface area contributed by atoms with E-state index in [4.69, 9.17) is 0 Å². The summed E-state index contributed by atoms with van der Waals surface area (Å²) in [6.07, 6.45) is 3.54. The Bertz CT molecular complexity index is 403. The number of hydrogen-bond acceptors (Lipinski definition) is 3. The fraction of sp³-hybridized carbons (Fsp3) is 0.600. The molecule has 6 nitrogen and oxygen atoms in total. The first-order valence-corrected chi connectivity index (χ1v) is 5.52. The van der Waals surface area contributed by atoms with Crippen LogP contribution in [0.15, 0.2) is 11.0 Å². The minimum Gasteiger partial charge on any atom is -0.351 e. The average Bonchev–Trinajstić information content (AvgIpc) is 2.89. The van der Waals surface area contributed by atoms with Crippen LogP contribution in [0.2, 0.25) is 0 Å². The highest BCUT2D eigenvalue weighted by Gasteiger charge is 2.14. The molecular weight excluding hydrogens is 208 g/mol. The van der Waals surface area contributed by atoms with Crippen LogP contribution in [-0.4, -0.2) is 35.5 Å². The molecule has 2 heterocycles. The van der Waals surface area contributed by atoms with Gasteiger partial charge < -0.3 is 20.6 Å². The number of carbonyl (C=O) groups excluding carboxylic acids is 1. The van der Waals surface area contributed by atoms with E-state index in [2.05, 4.69) is 20.6 Å². The maximum atomic E-state index is 11.5. The third-order valence-corrected chi connectivity index (χ3v) is 2.84. The molecule has 1 aliphatic rings. The Morgan fingerprint density at radius 1 is 1.56 bits per heavy atom. The van der Waals surface area contributed by atoms with Gasteiger partial charge in [0.1, 0.15) is 5.69 Å². The summed E-state index contributed by atoms with van der Waals surface area (Å²) < 4.78 is 0. The van der Waals surface area contributed by atoms with Gasteiger partial charge >= 0.3 is 5.69 Å². The van der Waals surface area contributed by atoms with E-state index in [0.717, 1.165) is 19.5 Å². The van der Waals surface area contributed by atoms with Gasteiger partial charge in [0.2, 0.25) is 0 Å². The second-order valence-electron chi connectivity index (χ2n) is 4.06. The van der Waals surface area contributed by atoms with E-state index in [9.17, 15) is 9.59 Å². The maximum absolute atomic E-state index is 11.5. The molecule has 0 saturated carbocycles. The molecule has 1 atom stereocenters. The van der Waals surface area contributed by atoms with Gasteiger partial charge in [-0.2, -0.15) is 0 Å². The second kappa shape index (κ2) is 4.98. The number of aromatic nitrogens is 2. The lowest BCUT2D eigenvalue weighted by molar-refractivity contribution is 0.0947. The Kier molecular flexibility index (Phi) is 3.40. The van der Waals surface area contributed by atoms with Gasteiger partial charge in [0, 0.05) is 12.7 Å². The summed E-state index contributed by atoms with van der Waals surface area (Å²) >= 11 is 0. The van der Waals surface area contributed by atoms with Gasteiger partial charge in [0.15, 0.2) is 0 Å². The summed E-state index contributed by atoms with van der Waals surface area (Å²) in [7, 11) is 0. The molecule has 1 fully saturated rings. The van der Waals surface area contributed by atoms with Gasteiger partial charge in [-0.25, -0.2) is 4.79 Å². The van der Waals surface area contributed by atoms with Gasteiger partial charge in [-0.05, 0) is 31.8 Å². The molecule has 0 spiro atoms. The monoisotopic (exact) mass is 224 g/mol. The van der Waals surface area contributed by atoms with Crippen molar-refractivity contribution >= 4 is 5.91 Å². The van der Waals surface area contributed by atoms with Crippen LogP contribution in [0.4, 0.5) is 0 Å². The summed E-state index contributed by atoms with van der Waals surface area (Å²) in [4.78, 5) is 27.1. The Morgan fingerprint density at radius 2 is 2.44 bits per heavy atom. The third kappa shape index (κ3) is 2.73. The van der Waals surface area contributed by atoms with E-state index < -0.39 is 0 Å². The second-order valence-corrected chi connectivity index (χ2v) is 4.06. The third-order valence-electron chi connectivity index (χ3n) is 2.84. The predicted octanol–water partition coefficient (Wildman–Crippen LogP) is -0.568. The van der Waals surface area contributed by atoms with Gasteiger partial charge in [-0.1, -0.05) is 0 Å². The van der Waals surface area contributed by atoms with Crippen LogP contribution in [0, 0.1) is 5.92 Å². The highest BCUT2D eigenvalue weighted by molar-refractivity contribution is 5.91. The lowest BCUT2D eigenvalue weighted by atomic mass is 10.1. The molecule has 1 unspecified atom stereocenters. The molecule has 16 heavy (non-hydrogen) atoms. The van der Waals surface area contributed by atoms with Gasteiger partial charge in [-0.3, -0.25) is 4.79 Å². The molecule has 0 aromatic carbocycles. The van der Waals surface area contributed by atoms with Crippen molar-refractivity contribution in [3.05, 3.63) is 22.4 Å². The van der Waals surface area contributed by atoms with E-state index in [-0.39, 0.29) is 17.3 Å². The van der Waals surface area contributed by atoms with Crippen molar-refractivity contribution in [3.63, 3.8) is 0 Å². The van der Waals surface area contributed by atoms with Crippen LogP contribution < -0.4 is 16.3 Å². The van der Waals surface area contributed by atoms with Gasteiger partial charge in [0.05, 0.1) is 0 Å². The number of carbonyl (C=O) groups is 1. The number of aromatic amines is 2. The van der Waals surface area contributed by atoms with Crippen LogP contribution in [0.1, 0.15) is 23.3 Å². The standard InChI is InChI=1S/C10H16N4O2/c15-9(8-6-13-10(16)14-8)12-4-2-7-1-3-11-5-7/h6-7,11H,1-5H2,(H,12,15)(H2,13,14,16). The minimum atomic E-state index is -0.356. The van der Waals surface area contributed by atoms with Crippen molar-refractivity contribution in [1.82, 2.24) is 20.6 Å². The molecule has 1 saturated heterocycles. The largest absolute Gasteiger partial charge is 0.351 e. The summed E-state index contributed by atoms with van der Waals surface area (Å²) in [5.74, 6) is 0.426. The zero-order valence-electron chi connectivity index (χ0n) is 9.01. The Hall–Kier alpha value is -1.56. The topological polar surface area (TPSA) is 89.8 Å². The van der Waals surface area contributed by atoms with Crippen molar-refractivity contribution in [2.75, 3.05) is 19.6 Å². The molecule has 0 aliphatic carbocycles. The molecule has 88 valence electrons. The Morgan fingerprint density at radius 3 is 3.06 bits per heavy atom. The predicted molar refractivity (Wildman–Crippen MR) is 59.3 cm³/mol. The summed E-state index contributed by atoms with van der Waals surface area (Å²) in [6.45, 7) is 2.76. The minimum absolute atomic E-state index is 0.232. The van der Waals surface area contributed by atoms with E-state index >= 15 is 0 Å². The molecule has 0 radical (unpaired) electrons. The molecule has 2 rings (SSSR count). The normalized spacial score (nSPS) is 19.9. The number of H-pyrrole nitrogens is 2. The molecule has 1 aromatic rings. The highest BCUT2D eigenvalue weighted by Crippen LogP contribution is 2.10. The van der Waals surface area contributed by atoms with Crippen molar-refractivity contribution in [1.29, 1.82) is 0 Å². The zero-order valence-corrected chi connectivity index (χ0v) is 9.01. The molecule has 1 amide bonds. The quantitative estimate of drug-likeness (QED) is 0.552. The lowest BCUT2D eigenvalue weighted by Crippen LogP contribution is -2.27. The van der Waals surface area contributed by atoms with E-state index in [0.29, 0.717) is 12.5 Å². The van der Waals surface area contributed by atoms with Crippen molar-refractivity contribution < 1.29 is 4.79 Å². The van der Waals surface area contributed by atoms with Gasteiger partial charge in [0.25, 0.3) is 5.91 Å². The fourth-order valence-electron chi connectivity index (χ4n) is 1.90. The first-order valence-electron chi connectivity index (χ1n) is 5.52. The number of imidazole rings is 1. The maximum Gasteiger partial charge on any atom is 0.323 e. The molecule has 0 bridgehead atoms. The number of amides is 1. The number of nitrogens with one attached hydrogen (secondary N) is 4. The first-order chi connectivity index (χ1) is 7.75. The molecule has 1 aliphatic heterocycles. The molecule has 4 N–H and O–H groups in total.